The van der Waals surface area contributed by atoms with E-state index in [-0.39, 0.29) is 5.75 Å². The largest absolute Gasteiger partial charge is 0.508 e. The molecule has 1 aromatic heterocycles. The first-order valence-electron chi connectivity index (χ1n) is 3.50. The van der Waals surface area contributed by atoms with Gasteiger partial charge in [0, 0.05) is 5.56 Å². The van der Waals surface area contributed by atoms with Gasteiger partial charge < -0.3 is 5.11 Å². The standard InChI is InChI=1S/C7H5ClN4O/c8-6-3-4(13)1-2-5(6)7-9-11-12-10-7/h1-3,13H,(H,9,10,11,12). The number of aromatic amines is 1. The number of phenols is 1. The van der Waals surface area contributed by atoms with Crippen molar-refractivity contribution in [1.82, 2.24) is 20.6 Å². The average Bonchev–Trinajstić information content (AvgIpc) is 2.56. The number of phenolic OH excluding ortho intramolecular Hbond substituents is 1. The quantitative estimate of drug-likeness (QED) is 0.719. The Labute approximate surface area is 78.4 Å². The van der Waals surface area contributed by atoms with Gasteiger partial charge in [-0.3, -0.25) is 0 Å². The lowest BCUT2D eigenvalue weighted by Gasteiger charge is -1.98. The molecule has 0 bridgehead atoms. The SMILES string of the molecule is Oc1ccc(-c2nn[nH]n2)c(Cl)c1. The zero-order valence-electron chi connectivity index (χ0n) is 6.40. The summed E-state index contributed by atoms with van der Waals surface area (Å²) < 4.78 is 0. The van der Waals surface area contributed by atoms with Crippen LogP contribution in [0.4, 0.5) is 0 Å². The minimum atomic E-state index is 0.109. The summed E-state index contributed by atoms with van der Waals surface area (Å²) in [6.45, 7) is 0. The lowest BCUT2D eigenvalue weighted by atomic mass is 10.2. The first-order chi connectivity index (χ1) is 6.27. The Morgan fingerprint density at radius 2 is 2.23 bits per heavy atom. The highest BCUT2D eigenvalue weighted by atomic mass is 35.5. The van der Waals surface area contributed by atoms with Gasteiger partial charge in [0.2, 0.25) is 5.82 Å². The maximum absolute atomic E-state index is 9.09. The fourth-order valence-corrected chi connectivity index (χ4v) is 1.22. The van der Waals surface area contributed by atoms with E-state index in [2.05, 4.69) is 20.6 Å². The van der Waals surface area contributed by atoms with Crippen molar-refractivity contribution < 1.29 is 5.11 Å². The smallest absolute Gasteiger partial charge is 0.206 e. The van der Waals surface area contributed by atoms with Crippen LogP contribution in [0.2, 0.25) is 5.02 Å². The fraction of sp³-hybridized carbons (Fsp3) is 0. The summed E-state index contributed by atoms with van der Waals surface area (Å²) >= 11 is 5.84. The Kier molecular flexibility index (Phi) is 1.86. The normalized spacial score (nSPS) is 10.2. The Balaban J connectivity index is 2.53. The summed E-state index contributed by atoms with van der Waals surface area (Å²) in [4.78, 5) is 0. The summed E-state index contributed by atoms with van der Waals surface area (Å²) in [5.74, 6) is 0.516. The van der Waals surface area contributed by atoms with Crippen molar-refractivity contribution in [3.05, 3.63) is 23.2 Å². The molecule has 0 unspecified atom stereocenters. The average molecular weight is 197 g/mol. The number of nitrogens with zero attached hydrogens (tertiary/aromatic N) is 3. The van der Waals surface area contributed by atoms with E-state index in [4.69, 9.17) is 16.7 Å². The number of H-pyrrole nitrogens is 1. The highest BCUT2D eigenvalue weighted by molar-refractivity contribution is 6.33. The van der Waals surface area contributed by atoms with Gasteiger partial charge in [-0.05, 0) is 23.4 Å². The van der Waals surface area contributed by atoms with Crippen LogP contribution in [-0.2, 0) is 0 Å². The van der Waals surface area contributed by atoms with Crippen molar-refractivity contribution in [2.45, 2.75) is 0 Å². The second-order valence-electron chi connectivity index (χ2n) is 2.40. The van der Waals surface area contributed by atoms with E-state index >= 15 is 0 Å². The van der Waals surface area contributed by atoms with Crippen molar-refractivity contribution in [3.8, 4) is 17.1 Å². The van der Waals surface area contributed by atoms with Gasteiger partial charge in [0.05, 0.1) is 5.02 Å². The number of halogens is 1. The molecule has 0 aliphatic rings. The molecule has 13 heavy (non-hydrogen) atoms. The Hall–Kier alpha value is -1.62. The van der Waals surface area contributed by atoms with Gasteiger partial charge in [-0.15, -0.1) is 10.2 Å². The third-order valence-electron chi connectivity index (χ3n) is 1.54. The zero-order chi connectivity index (χ0) is 9.26. The molecule has 5 nitrogen and oxygen atoms in total. The minimum absolute atomic E-state index is 0.109. The molecule has 0 fully saturated rings. The van der Waals surface area contributed by atoms with Gasteiger partial charge in [-0.25, -0.2) is 0 Å². The van der Waals surface area contributed by atoms with Gasteiger partial charge in [0.15, 0.2) is 0 Å². The van der Waals surface area contributed by atoms with E-state index in [0.29, 0.717) is 16.4 Å². The molecule has 0 radical (unpaired) electrons. The van der Waals surface area contributed by atoms with Gasteiger partial charge in [-0.2, -0.15) is 5.21 Å². The molecule has 0 saturated carbocycles. The molecule has 1 aromatic carbocycles. The van der Waals surface area contributed by atoms with Crippen LogP contribution in [0.3, 0.4) is 0 Å². The number of benzene rings is 1. The molecule has 2 N–H and O–H groups in total. The van der Waals surface area contributed by atoms with Crippen molar-refractivity contribution in [3.63, 3.8) is 0 Å². The molecular weight excluding hydrogens is 192 g/mol. The molecule has 0 spiro atoms. The van der Waals surface area contributed by atoms with E-state index in [1.807, 2.05) is 0 Å². The van der Waals surface area contributed by atoms with Crippen molar-refractivity contribution in [1.29, 1.82) is 0 Å². The third kappa shape index (κ3) is 1.46. The third-order valence-corrected chi connectivity index (χ3v) is 1.85. The highest BCUT2D eigenvalue weighted by Crippen LogP contribution is 2.27. The first kappa shape index (κ1) is 8.00. The van der Waals surface area contributed by atoms with Crippen LogP contribution in [0.25, 0.3) is 11.4 Å². The highest BCUT2D eigenvalue weighted by Gasteiger charge is 2.07. The van der Waals surface area contributed by atoms with Crippen molar-refractivity contribution >= 4 is 11.6 Å². The summed E-state index contributed by atoms with van der Waals surface area (Å²) in [5, 5.41) is 22.7. The van der Waals surface area contributed by atoms with Gasteiger partial charge in [0.25, 0.3) is 0 Å². The van der Waals surface area contributed by atoms with Crippen molar-refractivity contribution in [2.24, 2.45) is 0 Å². The number of nitrogens with one attached hydrogen (secondary N) is 1. The predicted molar refractivity (Wildman–Crippen MR) is 46.3 cm³/mol. The summed E-state index contributed by atoms with van der Waals surface area (Å²) in [5.41, 5.74) is 0.633. The second kappa shape index (κ2) is 3.02. The Morgan fingerprint density at radius 1 is 1.38 bits per heavy atom. The fourth-order valence-electron chi connectivity index (χ4n) is 0.961. The molecule has 0 aliphatic heterocycles. The van der Waals surface area contributed by atoms with Crippen LogP contribution in [0, 0.1) is 0 Å². The lowest BCUT2D eigenvalue weighted by Crippen LogP contribution is -1.82. The van der Waals surface area contributed by atoms with Crippen LogP contribution in [0.15, 0.2) is 18.2 Å². The number of tetrazole rings is 1. The maximum Gasteiger partial charge on any atom is 0.206 e. The summed E-state index contributed by atoms with van der Waals surface area (Å²) in [6, 6.07) is 4.56. The minimum Gasteiger partial charge on any atom is -0.508 e. The van der Waals surface area contributed by atoms with Crippen LogP contribution in [0.1, 0.15) is 0 Å². The van der Waals surface area contributed by atoms with E-state index in [0.717, 1.165) is 0 Å². The summed E-state index contributed by atoms with van der Waals surface area (Å²) in [7, 11) is 0. The molecule has 0 saturated heterocycles. The van der Waals surface area contributed by atoms with Gasteiger partial charge in [0.1, 0.15) is 5.75 Å². The maximum atomic E-state index is 9.09. The van der Waals surface area contributed by atoms with Crippen molar-refractivity contribution in [2.75, 3.05) is 0 Å². The van der Waals surface area contributed by atoms with E-state index < -0.39 is 0 Å². The Morgan fingerprint density at radius 3 is 2.85 bits per heavy atom. The molecule has 2 aromatic rings. The first-order valence-corrected chi connectivity index (χ1v) is 3.87. The molecular formula is C7H5ClN4O. The van der Waals surface area contributed by atoms with Crippen LogP contribution in [0.5, 0.6) is 5.75 Å². The van der Waals surface area contributed by atoms with Gasteiger partial charge >= 0.3 is 0 Å². The van der Waals surface area contributed by atoms with E-state index in [1.54, 1.807) is 6.07 Å². The molecule has 0 aliphatic carbocycles. The molecule has 0 atom stereocenters. The topological polar surface area (TPSA) is 74.7 Å². The van der Waals surface area contributed by atoms with Crippen LogP contribution in [-0.4, -0.2) is 25.7 Å². The number of aromatic hydroxyl groups is 1. The monoisotopic (exact) mass is 196 g/mol. The number of hydrogen-bond donors (Lipinski definition) is 2. The molecule has 2 rings (SSSR count). The van der Waals surface area contributed by atoms with Crippen LogP contribution < -0.4 is 0 Å². The van der Waals surface area contributed by atoms with E-state index in [1.165, 1.54) is 12.1 Å². The number of rotatable bonds is 1. The van der Waals surface area contributed by atoms with Gasteiger partial charge in [-0.1, -0.05) is 11.6 Å². The lowest BCUT2D eigenvalue weighted by molar-refractivity contribution is 0.475. The predicted octanol–water partition coefficient (Wildman–Crippen LogP) is 1.23. The number of aromatic nitrogens is 4. The molecule has 1 heterocycles. The Bertz CT molecular complexity index is 414. The molecule has 6 heteroatoms. The van der Waals surface area contributed by atoms with E-state index in [9.17, 15) is 0 Å². The molecule has 66 valence electrons. The zero-order valence-corrected chi connectivity index (χ0v) is 7.15. The number of hydrogen-bond acceptors (Lipinski definition) is 4. The van der Waals surface area contributed by atoms with Crippen LogP contribution >= 0.6 is 11.6 Å². The second-order valence-corrected chi connectivity index (χ2v) is 2.81. The molecule has 0 amide bonds. The summed E-state index contributed by atoms with van der Waals surface area (Å²) in [6.07, 6.45) is 0.